The first-order valence-electron chi connectivity index (χ1n) is 8.33. The highest BCUT2D eigenvalue weighted by molar-refractivity contribution is 6.09. The first-order valence-corrected chi connectivity index (χ1v) is 8.33. The number of aromatic amines is 1. The summed E-state index contributed by atoms with van der Waals surface area (Å²) in [7, 11) is 1.58. The number of amides is 1. The van der Waals surface area contributed by atoms with Gasteiger partial charge in [-0.2, -0.15) is 0 Å². The van der Waals surface area contributed by atoms with Gasteiger partial charge in [-0.3, -0.25) is 9.36 Å². The molecule has 2 N–H and O–H groups in total. The number of ether oxygens (including phenoxy) is 2. The van der Waals surface area contributed by atoms with Crippen molar-refractivity contribution in [2.75, 3.05) is 25.6 Å². The van der Waals surface area contributed by atoms with E-state index in [4.69, 9.17) is 9.47 Å². The van der Waals surface area contributed by atoms with E-state index in [-0.39, 0.29) is 11.7 Å². The zero-order chi connectivity index (χ0) is 19.3. The molecule has 0 saturated heterocycles. The molecule has 28 heavy (non-hydrogen) atoms. The first kappa shape index (κ1) is 17.5. The molecule has 0 aliphatic carbocycles. The van der Waals surface area contributed by atoms with E-state index in [1.54, 1.807) is 42.7 Å². The molecule has 11 heteroatoms. The fourth-order valence-corrected chi connectivity index (χ4v) is 2.45. The van der Waals surface area contributed by atoms with Gasteiger partial charge in [0.1, 0.15) is 12.9 Å². The average molecular weight is 380 g/mol. The molecule has 4 heterocycles. The van der Waals surface area contributed by atoms with E-state index in [1.807, 2.05) is 0 Å². The summed E-state index contributed by atoms with van der Waals surface area (Å²) in [6, 6.07) is 1.97. The van der Waals surface area contributed by atoms with E-state index in [0.29, 0.717) is 35.9 Å². The van der Waals surface area contributed by atoms with Crippen molar-refractivity contribution in [2.24, 2.45) is 0 Å². The van der Waals surface area contributed by atoms with Crippen LogP contribution in [0.25, 0.3) is 17.0 Å². The maximum atomic E-state index is 12.8. The molecule has 4 rings (SSSR count). The van der Waals surface area contributed by atoms with Crippen LogP contribution in [0.3, 0.4) is 0 Å². The Labute approximate surface area is 158 Å². The fourth-order valence-electron chi connectivity index (χ4n) is 2.45. The zero-order valence-corrected chi connectivity index (χ0v) is 14.9. The number of methoxy groups -OCH3 is 1. The lowest BCUT2D eigenvalue weighted by atomic mass is 10.3. The molecular weight excluding hydrogens is 364 g/mol. The van der Waals surface area contributed by atoms with Crippen LogP contribution in [0.5, 0.6) is 6.01 Å². The van der Waals surface area contributed by atoms with E-state index in [2.05, 4.69) is 35.2 Å². The van der Waals surface area contributed by atoms with Crippen molar-refractivity contribution in [3.05, 3.63) is 49.1 Å². The summed E-state index contributed by atoms with van der Waals surface area (Å²) in [6.07, 6.45) is 9.48. The van der Waals surface area contributed by atoms with Gasteiger partial charge in [-0.05, 0) is 6.07 Å². The minimum absolute atomic E-state index is 0.194. The van der Waals surface area contributed by atoms with E-state index in [0.717, 1.165) is 0 Å². The molecule has 4 aromatic rings. The summed E-state index contributed by atoms with van der Waals surface area (Å²) in [5.41, 5.74) is 1.74. The topological polar surface area (TPSA) is 133 Å². The van der Waals surface area contributed by atoms with Crippen LogP contribution in [0.15, 0.2) is 43.4 Å². The zero-order valence-electron chi connectivity index (χ0n) is 14.9. The third kappa shape index (κ3) is 3.64. The van der Waals surface area contributed by atoms with E-state index in [9.17, 15) is 4.79 Å². The number of H-pyrrole nitrogens is 1. The normalized spacial score (nSPS) is 10.9. The highest BCUT2D eigenvalue weighted by atomic mass is 16.5. The van der Waals surface area contributed by atoms with Crippen LogP contribution in [0, 0.1) is 0 Å². The largest absolute Gasteiger partial charge is 0.461 e. The number of hydrogen-bond donors (Lipinski definition) is 2. The predicted octanol–water partition coefficient (Wildman–Crippen LogP) is 1.21. The second-order valence-electron chi connectivity index (χ2n) is 5.63. The highest BCUT2D eigenvalue weighted by Crippen LogP contribution is 2.17. The van der Waals surface area contributed by atoms with Crippen molar-refractivity contribution in [3.63, 3.8) is 0 Å². The standard InChI is InChI=1S/C17H16N8O3/c1-27-6-7-28-17-20-8-11(9-21-17)22-15(26)14-13-12(2-3-19-13)23-16(24-14)25-5-4-18-10-25/h2-5,8-10,19H,6-7H2,1H3,(H,22,26). The third-order valence-electron chi connectivity index (χ3n) is 3.75. The fraction of sp³-hybridized carbons (Fsp3) is 0.176. The lowest BCUT2D eigenvalue weighted by Crippen LogP contribution is -2.17. The second kappa shape index (κ2) is 7.80. The molecule has 0 aromatic carbocycles. The Kier molecular flexibility index (Phi) is 4.89. The molecule has 4 aromatic heterocycles. The van der Waals surface area contributed by atoms with Crippen molar-refractivity contribution >= 4 is 22.6 Å². The molecule has 0 atom stereocenters. The van der Waals surface area contributed by atoms with Crippen LogP contribution in [-0.4, -0.2) is 60.7 Å². The number of carbonyl (C=O) groups excluding carboxylic acids is 1. The van der Waals surface area contributed by atoms with Crippen LogP contribution in [-0.2, 0) is 4.74 Å². The number of anilines is 1. The number of fused-ring (bicyclic) bond motifs is 1. The Morgan fingerprint density at radius 2 is 2.11 bits per heavy atom. The maximum absolute atomic E-state index is 12.8. The smallest absolute Gasteiger partial charge is 0.316 e. The number of imidazole rings is 1. The quantitative estimate of drug-likeness (QED) is 0.457. The number of nitrogens with one attached hydrogen (secondary N) is 2. The summed E-state index contributed by atoms with van der Waals surface area (Å²) >= 11 is 0. The average Bonchev–Trinajstić information content (AvgIpc) is 3.40. The minimum Gasteiger partial charge on any atom is -0.461 e. The van der Waals surface area contributed by atoms with Gasteiger partial charge >= 0.3 is 6.01 Å². The van der Waals surface area contributed by atoms with Crippen molar-refractivity contribution in [1.29, 1.82) is 0 Å². The number of aromatic nitrogens is 7. The number of rotatable bonds is 7. The second-order valence-corrected chi connectivity index (χ2v) is 5.63. The molecule has 0 unspecified atom stereocenters. The molecule has 0 aliphatic heterocycles. The van der Waals surface area contributed by atoms with Gasteiger partial charge < -0.3 is 19.8 Å². The van der Waals surface area contributed by atoms with Crippen LogP contribution in [0.2, 0.25) is 0 Å². The molecular formula is C17H16N8O3. The van der Waals surface area contributed by atoms with E-state index >= 15 is 0 Å². The molecule has 1 amide bonds. The SMILES string of the molecule is COCCOc1ncc(NC(=O)c2nc(-n3ccnc3)nc3cc[nH]c23)cn1. The van der Waals surface area contributed by atoms with Crippen LogP contribution in [0.1, 0.15) is 10.5 Å². The summed E-state index contributed by atoms with van der Waals surface area (Å²) in [5.74, 6) is -0.0826. The molecule has 0 fully saturated rings. The Morgan fingerprint density at radius 3 is 2.86 bits per heavy atom. The molecule has 0 aliphatic rings. The van der Waals surface area contributed by atoms with Gasteiger partial charge in [0.05, 0.1) is 35.7 Å². The molecule has 0 radical (unpaired) electrons. The molecule has 142 valence electrons. The van der Waals surface area contributed by atoms with Crippen molar-refractivity contribution in [3.8, 4) is 12.0 Å². The van der Waals surface area contributed by atoms with Gasteiger partial charge in [-0.15, -0.1) is 0 Å². The van der Waals surface area contributed by atoms with Gasteiger partial charge in [0, 0.05) is 25.7 Å². The van der Waals surface area contributed by atoms with Crippen molar-refractivity contribution < 1.29 is 14.3 Å². The van der Waals surface area contributed by atoms with E-state index < -0.39 is 5.91 Å². The Bertz CT molecular complexity index is 1080. The van der Waals surface area contributed by atoms with Crippen LogP contribution < -0.4 is 10.1 Å². The monoisotopic (exact) mass is 380 g/mol. The summed E-state index contributed by atoms with van der Waals surface area (Å²) in [5, 5.41) is 2.73. The number of nitrogens with zero attached hydrogens (tertiary/aromatic N) is 6. The van der Waals surface area contributed by atoms with Gasteiger partial charge in [-0.1, -0.05) is 0 Å². The maximum Gasteiger partial charge on any atom is 0.316 e. The number of carbonyl (C=O) groups is 1. The van der Waals surface area contributed by atoms with Crippen molar-refractivity contribution in [1.82, 2.24) is 34.5 Å². The Morgan fingerprint density at radius 1 is 1.25 bits per heavy atom. The molecule has 0 bridgehead atoms. The lowest BCUT2D eigenvalue weighted by molar-refractivity contribution is 0.102. The van der Waals surface area contributed by atoms with Gasteiger partial charge in [-0.25, -0.2) is 24.9 Å². The highest BCUT2D eigenvalue weighted by Gasteiger charge is 2.17. The van der Waals surface area contributed by atoms with Gasteiger partial charge in [0.25, 0.3) is 5.91 Å². The lowest BCUT2D eigenvalue weighted by Gasteiger charge is -2.08. The third-order valence-corrected chi connectivity index (χ3v) is 3.75. The van der Waals surface area contributed by atoms with Gasteiger partial charge in [0.15, 0.2) is 5.69 Å². The van der Waals surface area contributed by atoms with Crippen LogP contribution in [0.4, 0.5) is 5.69 Å². The van der Waals surface area contributed by atoms with Gasteiger partial charge in [0.2, 0.25) is 5.95 Å². The number of hydrogen-bond acceptors (Lipinski definition) is 8. The van der Waals surface area contributed by atoms with Crippen LogP contribution >= 0.6 is 0 Å². The Balaban J connectivity index is 1.56. The molecule has 11 nitrogen and oxygen atoms in total. The Hall–Kier alpha value is -3.86. The molecule has 0 spiro atoms. The molecule has 0 saturated carbocycles. The minimum atomic E-state index is -0.423. The summed E-state index contributed by atoms with van der Waals surface area (Å²) < 4.78 is 11.8. The first-order chi connectivity index (χ1) is 13.7. The predicted molar refractivity (Wildman–Crippen MR) is 98.4 cm³/mol. The summed E-state index contributed by atoms with van der Waals surface area (Å²) in [6.45, 7) is 0.770. The van der Waals surface area contributed by atoms with Crippen molar-refractivity contribution in [2.45, 2.75) is 0 Å². The van der Waals surface area contributed by atoms with E-state index in [1.165, 1.54) is 12.4 Å². The summed E-state index contributed by atoms with van der Waals surface area (Å²) in [4.78, 5) is 36.7.